The fourth-order valence-electron chi connectivity index (χ4n) is 4.25. The van der Waals surface area contributed by atoms with E-state index in [-0.39, 0.29) is 12.5 Å². The molecule has 3 heterocycles. The summed E-state index contributed by atoms with van der Waals surface area (Å²) in [4.78, 5) is 23.2. The summed E-state index contributed by atoms with van der Waals surface area (Å²) in [5.74, 6) is 0.273. The van der Waals surface area contributed by atoms with Crippen LogP contribution in [0, 0.1) is 5.92 Å². The molecule has 0 aliphatic carbocycles. The number of hydrogen-bond donors (Lipinski definition) is 2. The summed E-state index contributed by atoms with van der Waals surface area (Å²) in [5.41, 5.74) is 3.94. The first-order valence-electron chi connectivity index (χ1n) is 10.8. The number of β-amino-alcohol motifs (C(OH)–C–C–N with tert-alkyl or cyclic N) is 1. The molecule has 0 spiro atoms. The topological polar surface area (TPSA) is 87.6 Å². The van der Waals surface area contributed by atoms with E-state index in [0.29, 0.717) is 18.2 Å². The number of aromatic nitrogens is 2. The molecule has 0 bridgehead atoms. The Morgan fingerprint density at radius 3 is 2.87 bits per heavy atom. The van der Waals surface area contributed by atoms with Crippen LogP contribution >= 0.6 is 0 Å². The highest BCUT2D eigenvalue weighted by atomic mass is 16.5. The molecule has 0 saturated carbocycles. The van der Waals surface area contributed by atoms with Crippen LogP contribution < -0.4 is 5.32 Å². The van der Waals surface area contributed by atoms with Crippen molar-refractivity contribution in [2.45, 2.75) is 38.3 Å². The molecule has 2 aliphatic heterocycles. The molecular formula is C23H30N4O3. The van der Waals surface area contributed by atoms with E-state index in [1.165, 1.54) is 17.5 Å². The summed E-state index contributed by atoms with van der Waals surface area (Å²) in [6, 6.07) is 10.2. The minimum absolute atomic E-state index is 0.205. The van der Waals surface area contributed by atoms with Crippen molar-refractivity contribution in [2.75, 3.05) is 32.8 Å². The molecule has 4 rings (SSSR count). The molecule has 1 aromatic heterocycles. The maximum Gasteiger partial charge on any atom is 0.270 e. The van der Waals surface area contributed by atoms with Crippen molar-refractivity contribution in [2.24, 2.45) is 5.92 Å². The number of amides is 1. The number of benzene rings is 1. The number of nitrogens with one attached hydrogen (secondary N) is 1. The third kappa shape index (κ3) is 5.62. The second-order valence-electron chi connectivity index (χ2n) is 8.27. The Morgan fingerprint density at radius 1 is 1.23 bits per heavy atom. The van der Waals surface area contributed by atoms with Gasteiger partial charge in [-0.15, -0.1) is 0 Å². The lowest BCUT2D eigenvalue weighted by Crippen LogP contribution is -2.42. The average Bonchev–Trinajstić information content (AvgIpc) is 2.78. The SMILES string of the molecule is O=C(NC[C@@H](O)CN1CCc2ccccc2C1)c1cc(CC2CCOCC2)ncn1. The van der Waals surface area contributed by atoms with Crippen LogP contribution in [0.25, 0.3) is 0 Å². The zero-order valence-electron chi connectivity index (χ0n) is 17.3. The molecule has 2 aliphatic rings. The largest absolute Gasteiger partial charge is 0.390 e. The number of rotatable bonds is 7. The van der Waals surface area contributed by atoms with Gasteiger partial charge in [-0.25, -0.2) is 9.97 Å². The fourth-order valence-corrected chi connectivity index (χ4v) is 4.25. The Balaban J connectivity index is 1.24. The van der Waals surface area contributed by atoms with Crippen LogP contribution in [0.2, 0.25) is 0 Å². The van der Waals surface area contributed by atoms with Gasteiger partial charge < -0.3 is 15.2 Å². The zero-order valence-corrected chi connectivity index (χ0v) is 17.3. The van der Waals surface area contributed by atoms with Crippen LogP contribution in [0.15, 0.2) is 36.7 Å². The Kier molecular flexibility index (Phi) is 7.04. The highest BCUT2D eigenvalue weighted by molar-refractivity contribution is 5.92. The van der Waals surface area contributed by atoms with E-state index in [1.54, 1.807) is 6.07 Å². The summed E-state index contributed by atoms with van der Waals surface area (Å²) in [5, 5.41) is 13.2. The Bertz CT molecular complexity index is 854. The van der Waals surface area contributed by atoms with Crippen molar-refractivity contribution >= 4 is 5.91 Å². The molecule has 30 heavy (non-hydrogen) atoms. The summed E-state index contributed by atoms with van der Waals surface area (Å²) < 4.78 is 5.40. The van der Waals surface area contributed by atoms with Crippen LogP contribution in [-0.2, 0) is 24.1 Å². The maximum absolute atomic E-state index is 12.5. The molecule has 0 radical (unpaired) electrons. The minimum atomic E-state index is -0.622. The number of aliphatic hydroxyl groups is 1. The fraction of sp³-hybridized carbons (Fsp3) is 0.522. The van der Waals surface area contributed by atoms with E-state index in [2.05, 4.69) is 44.5 Å². The lowest BCUT2D eigenvalue weighted by molar-refractivity contribution is 0.0662. The predicted molar refractivity (Wildman–Crippen MR) is 113 cm³/mol. The van der Waals surface area contributed by atoms with E-state index in [4.69, 9.17) is 4.74 Å². The molecule has 1 atom stereocenters. The van der Waals surface area contributed by atoms with Gasteiger partial charge in [-0.3, -0.25) is 9.69 Å². The molecule has 0 unspecified atom stereocenters. The van der Waals surface area contributed by atoms with Gasteiger partial charge in [-0.05, 0) is 48.8 Å². The van der Waals surface area contributed by atoms with Crippen LogP contribution in [0.4, 0.5) is 0 Å². The van der Waals surface area contributed by atoms with Crippen LogP contribution in [0.3, 0.4) is 0 Å². The molecule has 1 fully saturated rings. The van der Waals surface area contributed by atoms with Gasteiger partial charge >= 0.3 is 0 Å². The monoisotopic (exact) mass is 410 g/mol. The smallest absolute Gasteiger partial charge is 0.270 e. The van der Waals surface area contributed by atoms with Crippen molar-refractivity contribution in [1.82, 2.24) is 20.2 Å². The third-order valence-electron chi connectivity index (χ3n) is 5.97. The first kappa shape index (κ1) is 20.9. The van der Waals surface area contributed by atoms with Gasteiger partial charge in [0.1, 0.15) is 12.0 Å². The zero-order chi connectivity index (χ0) is 20.8. The van der Waals surface area contributed by atoms with Gasteiger partial charge in [0.05, 0.1) is 6.10 Å². The predicted octanol–water partition coefficient (Wildman–Crippen LogP) is 1.59. The van der Waals surface area contributed by atoms with Gasteiger partial charge in [0, 0.05) is 45.1 Å². The van der Waals surface area contributed by atoms with E-state index in [0.717, 1.165) is 57.7 Å². The average molecular weight is 411 g/mol. The maximum atomic E-state index is 12.5. The van der Waals surface area contributed by atoms with Crippen molar-refractivity contribution < 1.29 is 14.6 Å². The first-order chi connectivity index (χ1) is 14.7. The number of carbonyl (C=O) groups is 1. The highest BCUT2D eigenvalue weighted by Crippen LogP contribution is 2.20. The number of fused-ring (bicyclic) bond motifs is 1. The van der Waals surface area contributed by atoms with Gasteiger partial charge in [-0.2, -0.15) is 0 Å². The number of ether oxygens (including phenoxy) is 1. The number of aliphatic hydroxyl groups excluding tert-OH is 1. The normalized spacial score (nSPS) is 18.6. The van der Waals surface area contributed by atoms with E-state index < -0.39 is 6.10 Å². The Morgan fingerprint density at radius 2 is 2.03 bits per heavy atom. The Labute approximate surface area is 177 Å². The van der Waals surface area contributed by atoms with Gasteiger partial charge in [0.2, 0.25) is 0 Å². The standard InChI is InChI=1S/C23H30N4O3/c28-21(15-27-8-5-18-3-1-2-4-19(18)14-27)13-24-23(29)22-12-20(25-16-26-22)11-17-6-9-30-10-7-17/h1-4,12,16-17,21,28H,5-11,13-15H2,(H,24,29)/t21-/m1/s1. The van der Waals surface area contributed by atoms with Crippen molar-refractivity contribution in [3.8, 4) is 0 Å². The van der Waals surface area contributed by atoms with E-state index >= 15 is 0 Å². The molecule has 1 aromatic carbocycles. The van der Waals surface area contributed by atoms with Gasteiger partial charge in [0.25, 0.3) is 5.91 Å². The van der Waals surface area contributed by atoms with Crippen LogP contribution in [0.5, 0.6) is 0 Å². The first-order valence-corrected chi connectivity index (χ1v) is 10.8. The van der Waals surface area contributed by atoms with Crippen molar-refractivity contribution in [1.29, 1.82) is 0 Å². The number of carbonyl (C=O) groups excluding carboxylic acids is 1. The summed E-state index contributed by atoms with van der Waals surface area (Å²) in [6.45, 7) is 4.09. The van der Waals surface area contributed by atoms with E-state index in [1.807, 2.05) is 0 Å². The lowest BCUT2D eigenvalue weighted by Gasteiger charge is -2.30. The summed E-state index contributed by atoms with van der Waals surface area (Å²) in [6.07, 6.45) is 4.71. The Hall–Kier alpha value is -2.35. The summed E-state index contributed by atoms with van der Waals surface area (Å²) >= 11 is 0. The third-order valence-corrected chi connectivity index (χ3v) is 5.97. The lowest BCUT2D eigenvalue weighted by atomic mass is 9.94. The van der Waals surface area contributed by atoms with Gasteiger partial charge in [-0.1, -0.05) is 24.3 Å². The minimum Gasteiger partial charge on any atom is -0.390 e. The molecule has 7 nitrogen and oxygen atoms in total. The summed E-state index contributed by atoms with van der Waals surface area (Å²) in [7, 11) is 0. The van der Waals surface area contributed by atoms with E-state index in [9.17, 15) is 9.90 Å². The molecular weight excluding hydrogens is 380 g/mol. The van der Waals surface area contributed by atoms with Crippen molar-refractivity contribution in [3.63, 3.8) is 0 Å². The number of hydrogen-bond acceptors (Lipinski definition) is 6. The van der Waals surface area contributed by atoms with Gasteiger partial charge in [0.15, 0.2) is 0 Å². The van der Waals surface area contributed by atoms with Crippen molar-refractivity contribution in [3.05, 3.63) is 59.2 Å². The molecule has 7 heteroatoms. The molecule has 1 amide bonds. The second-order valence-corrected chi connectivity index (χ2v) is 8.27. The quantitative estimate of drug-likeness (QED) is 0.721. The highest BCUT2D eigenvalue weighted by Gasteiger charge is 2.20. The number of nitrogens with zero attached hydrogens (tertiary/aromatic N) is 3. The van der Waals surface area contributed by atoms with Crippen LogP contribution in [-0.4, -0.2) is 64.8 Å². The molecule has 1 saturated heterocycles. The second kappa shape index (κ2) is 10.1. The molecule has 2 N–H and O–H groups in total. The molecule has 160 valence electrons. The molecule has 2 aromatic rings. The van der Waals surface area contributed by atoms with Crippen LogP contribution in [0.1, 0.15) is 40.2 Å².